The molecule has 0 saturated carbocycles. The number of ether oxygens (including phenoxy) is 1. The lowest BCUT2D eigenvalue weighted by molar-refractivity contribution is 0.352. The average molecular weight is 335 g/mol. The summed E-state index contributed by atoms with van der Waals surface area (Å²) < 4.78 is 9.04. The molecular weight excluding hydrogens is 316 g/mol. The molecular formula is C16H19BrN2O. The minimum Gasteiger partial charge on any atom is -0.493 e. The summed E-state index contributed by atoms with van der Waals surface area (Å²) in [6.45, 7) is 5.89. The topological polar surface area (TPSA) is 27.1 Å². The van der Waals surface area contributed by atoms with Crippen molar-refractivity contribution in [2.24, 2.45) is 0 Å². The molecule has 1 aliphatic rings. The molecule has 3 nitrogen and oxygen atoms in total. The Kier molecular flexibility index (Phi) is 3.83. The van der Waals surface area contributed by atoms with E-state index in [2.05, 4.69) is 52.7 Å². The largest absolute Gasteiger partial charge is 0.493 e. The second-order valence-corrected chi connectivity index (χ2v) is 6.06. The second-order valence-electron chi connectivity index (χ2n) is 5.14. The van der Waals surface area contributed by atoms with E-state index in [0.717, 1.165) is 48.3 Å². The number of fused-ring (bicyclic) bond motifs is 1. The van der Waals surface area contributed by atoms with Gasteiger partial charge in [0.1, 0.15) is 5.75 Å². The molecule has 1 aliphatic heterocycles. The fourth-order valence-electron chi connectivity index (χ4n) is 2.73. The van der Waals surface area contributed by atoms with Crippen molar-refractivity contribution in [2.45, 2.75) is 39.7 Å². The number of aryl methyl sites for hydroxylation is 2. The minimum atomic E-state index is 0.783. The van der Waals surface area contributed by atoms with Crippen LogP contribution in [0.3, 0.4) is 0 Å². The Balaban J connectivity index is 1.97. The van der Waals surface area contributed by atoms with Crippen molar-refractivity contribution in [3.05, 3.63) is 45.2 Å². The van der Waals surface area contributed by atoms with E-state index in [1.54, 1.807) is 0 Å². The van der Waals surface area contributed by atoms with Gasteiger partial charge in [-0.25, -0.2) is 0 Å². The zero-order chi connectivity index (χ0) is 14.1. The van der Waals surface area contributed by atoms with Crippen LogP contribution < -0.4 is 4.74 Å². The molecule has 0 radical (unpaired) electrons. The fraction of sp³-hybridized carbons (Fsp3) is 0.438. The Morgan fingerprint density at radius 1 is 1.25 bits per heavy atom. The maximum atomic E-state index is 5.80. The number of halogens is 1. The first kappa shape index (κ1) is 13.7. The van der Waals surface area contributed by atoms with Crippen LogP contribution in [-0.2, 0) is 25.8 Å². The van der Waals surface area contributed by atoms with Gasteiger partial charge in [-0.15, -0.1) is 0 Å². The van der Waals surface area contributed by atoms with Gasteiger partial charge in [0.2, 0.25) is 0 Å². The number of rotatable bonds is 4. The van der Waals surface area contributed by atoms with Crippen LogP contribution in [-0.4, -0.2) is 16.4 Å². The van der Waals surface area contributed by atoms with Crippen LogP contribution in [0.4, 0.5) is 0 Å². The van der Waals surface area contributed by atoms with Gasteiger partial charge in [0.25, 0.3) is 0 Å². The lowest BCUT2D eigenvalue weighted by Crippen LogP contribution is -2.07. The summed E-state index contributed by atoms with van der Waals surface area (Å²) in [4.78, 5) is 0. The highest BCUT2D eigenvalue weighted by Crippen LogP contribution is 2.33. The van der Waals surface area contributed by atoms with Crippen LogP contribution in [0.1, 0.15) is 36.4 Å². The van der Waals surface area contributed by atoms with Crippen molar-refractivity contribution in [1.29, 1.82) is 0 Å². The summed E-state index contributed by atoms with van der Waals surface area (Å²) in [5.41, 5.74) is 4.96. The quantitative estimate of drug-likeness (QED) is 0.851. The predicted molar refractivity (Wildman–Crippen MR) is 83.4 cm³/mol. The number of hydrogen-bond donors (Lipinski definition) is 0. The van der Waals surface area contributed by atoms with Gasteiger partial charge < -0.3 is 4.74 Å². The first-order valence-electron chi connectivity index (χ1n) is 7.21. The van der Waals surface area contributed by atoms with Crippen LogP contribution in [0.5, 0.6) is 5.75 Å². The Morgan fingerprint density at radius 3 is 2.85 bits per heavy atom. The maximum Gasteiger partial charge on any atom is 0.127 e. The van der Waals surface area contributed by atoms with Crippen molar-refractivity contribution < 1.29 is 4.74 Å². The van der Waals surface area contributed by atoms with Gasteiger partial charge in [-0.1, -0.05) is 29.8 Å². The third kappa shape index (κ3) is 2.49. The average Bonchev–Trinajstić information content (AvgIpc) is 3.04. The van der Waals surface area contributed by atoms with Gasteiger partial charge >= 0.3 is 0 Å². The first-order chi connectivity index (χ1) is 9.71. The van der Waals surface area contributed by atoms with Crippen molar-refractivity contribution in [2.75, 3.05) is 6.61 Å². The van der Waals surface area contributed by atoms with Gasteiger partial charge in [-0.05, 0) is 36.6 Å². The number of nitrogens with zero attached hydrogens (tertiary/aromatic N) is 2. The zero-order valence-corrected chi connectivity index (χ0v) is 13.5. The van der Waals surface area contributed by atoms with Crippen molar-refractivity contribution in [1.82, 2.24) is 9.78 Å². The van der Waals surface area contributed by atoms with Crippen molar-refractivity contribution in [3.8, 4) is 5.75 Å². The smallest absolute Gasteiger partial charge is 0.127 e. The molecule has 0 fully saturated rings. The molecule has 0 N–H and O–H groups in total. The van der Waals surface area contributed by atoms with Crippen LogP contribution >= 0.6 is 15.9 Å². The SMILES string of the molecule is CCc1cc(CC)n(Cc2cc(Br)cc3c2OCC3)n1. The normalized spacial score (nSPS) is 13.3. The zero-order valence-electron chi connectivity index (χ0n) is 11.9. The molecule has 2 aromatic rings. The molecule has 0 saturated heterocycles. The van der Waals surface area contributed by atoms with E-state index in [1.807, 2.05) is 0 Å². The van der Waals surface area contributed by atoms with E-state index in [-0.39, 0.29) is 0 Å². The van der Waals surface area contributed by atoms with Gasteiger partial charge in [0.05, 0.1) is 18.8 Å². The van der Waals surface area contributed by atoms with Crippen molar-refractivity contribution >= 4 is 15.9 Å². The van der Waals surface area contributed by atoms with E-state index < -0.39 is 0 Å². The van der Waals surface area contributed by atoms with Gasteiger partial charge in [0, 0.05) is 22.2 Å². The van der Waals surface area contributed by atoms with E-state index >= 15 is 0 Å². The molecule has 1 aromatic carbocycles. The van der Waals surface area contributed by atoms with Crippen molar-refractivity contribution in [3.63, 3.8) is 0 Å². The molecule has 0 spiro atoms. The van der Waals surface area contributed by atoms with Crippen LogP contribution in [0.15, 0.2) is 22.7 Å². The van der Waals surface area contributed by atoms with Crippen LogP contribution in [0.25, 0.3) is 0 Å². The number of hydrogen-bond acceptors (Lipinski definition) is 2. The highest BCUT2D eigenvalue weighted by molar-refractivity contribution is 9.10. The lowest BCUT2D eigenvalue weighted by atomic mass is 10.1. The summed E-state index contributed by atoms with van der Waals surface area (Å²) in [5, 5.41) is 4.70. The Labute approximate surface area is 128 Å². The molecule has 0 amide bonds. The minimum absolute atomic E-state index is 0.783. The molecule has 2 heterocycles. The molecule has 0 aliphatic carbocycles. The Morgan fingerprint density at radius 2 is 2.10 bits per heavy atom. The second kappa shape index (κ2) is 5.60. The Hall–Kier alpha value is -1.29. The number of benzene rings is 1. The lowest BCUT2D eigenvalue weighted by Gasteiger charge is -2.11. The maximum absolute atomic E-state index is 5.80. The summed E-state index contributed by atoms with van der Waals surface area (Å²) >= 11 is 3.60. The molecule has 0 atom stereocenters. The van der Waals surface area contributed by atoms with E-state index in [4.69, 9.17) is 9.84 Å². The monoisotopic (exact) mass is 334 g/mol. The molecule has 106 valence electrons. The fourth-order valence-corrected chi connectivity index (χ4v) is 3.29. The van der Waals surface area contributed by atoms with Crippen LogP contribution in [0, 0.1) is 0 Å². The van der Waals surface area contributed by atoms with Crippen LogP contribution in [0.2, 0.25) is 0 Å². The number of aromatic nitrogens is 2. The summed E-state index contributed by atoms with van der Waals surface area (Å²) in [5.74, 6) is 1.06. The third-order valence-electron chi connectivity index (χ3n) is 3.78. The van der Waals surface area contributed by atoms with E-state index in [9.17, 15) is 0 Å². The molecule has 1 aromatic heterocycles. The Bertz CT molecular complexity index is 634. The molecule has 0 unspecified atom stereocenters. The van der Waals surface area contributed by atoms with Gasteiger partial charge in [-0.3, -0.25) is 4.68 Å². The third-order valence-corrected chi connectivity index (χ3v) is 4.24. The summed E-state index contributed by atoms with van der Waals surface area (Å²) in [6.07, 6.45) is 2.98. The first-order valence-corrected chi connectivity index (χ1v) is 8.00. The summed E-state index contributed by atoms with van der Waals surface area (Å²) in [7, 11) is 0. The molecule has 3 rings (SSSR count). The molecule has 20 heavy (non-hydrogen) atoms. The van der Waals surface area contributed by atoms with Gasteiger partial charge in [0.15, 0.2) is 0 Å². The molecule has 4 heteroatoms. The highest BCUT2D eigenvalue weighted by Gasteiger charge is 2.18. The molecule has 0 bridgehead atoms. The van der Waals surface area contributed by atoms with Gasteiger partial charge in [-0.2, -0.15) is 5.10 Å². The highest BCUT2D eigenvalue weighted by atomic mass is 79.9. The van der Waals surface area contributed by atoms with E-state index in [1.165, 1.54) is 16.8 Å². The standard InChI is InChI=1S/C16H19BrN2O/c1-3-14-9-15(4-2)19(18-14)10-12-8-13(17)7-11-5-6-20-16(11)12/h7-9H,3-6,10H2,1-2H3. The van der Waals surface area contributed by atoms with E-state index in [0.29, 0.717) is 0 Å². The predicted octanol–water partition coefficient (Wildman–Crippen LogP) is 3.75. The summed E-state index contributed by atoms with van der Waals surface area (Å²) in [6, 6.07) is 6.52.